The van der Waals surface area contributed by atoms with Crippen molar-refractivity contribution in [2.75, 3.05) is 17.8 Å². The van der Waals surface area contributed by atoms with Gasteiger partial charge >= 0.3 is 0 Å². The van der Waals surface area contributed by atoms with E-state index in [0.717, 1.165) is 29.3 Å². The largest absolute Gasteiger partial charge is 0.478 e. The topological polar surface area (TPSA) is 58.5 Å². The van der Waals surface area contributed by atoms with Gasteiger partial charge in [0.05, 0.1) is 24.0 Å². The highest BCUT2D eigenvalue weighted by Crippen LogP contribution is 2.40. The van der Waals surface area contributed by atoms with Crippen LogP contribution in [0.4, 0.5) is 5.69 Å². The number of amidine groups is 1. The lowest BCUT2D eigenvalue weighted by molar-refractivity contribution is 0.325. The molecule has 2 N–H and O–H groups in total. The van der Waals surface area contributed by atoms with E-state index in [1.165, 1.54) is 25.7 Å². The van der Waals surface area contributed by atoms with E-state index < -0.39 is 8.07 Å². The van der Waals surface area contributed by atoms with Gasteiger partial charge in [0.1, 0.15) is 0 Å². The van der Waals surface area contributed by atoms with Gasteiger partial charge in [0.15, 0.2) is 5.17 Å². The second kappa shape index (κ2) is 7.35. The summed E-state index contributed by atoms with van der Waals surface area (Å²) in [7, 11) is -1.05. The van der Waals surface area contributed by atoms with Crippen LogP contribution in [-0.2, 0) is 0 Å². The van der Waals surface area contributed by atoms with Crippen LogP contribution in [-0.4, -0.2) is 36.1 Å². The molecule has 5 nitrogen and oxygen atoms in total. The molecule has 0 amide bonds. The first-order chi connectivity index (χ1) is 11.4. The van der Waals surface area contributed by atoms with Crippen LogP contribution in [0, 0.1) is 0 Å². The van der Waals surface area contributed by atoms with Crippen LogP contribution >= 0.6 is 11.8 Å². The third-order valence-corrected chi connectivity index (χ3v) is 7.36. The summed E-state index contributed by atoms with van der Waals surface area (Å²) in [5.74, 6) is 1.80. The molecule has 2 aliphatic rings. The van der Waals surface area contributed by atoms with E-state index in [0.29, 0.717) is 5.88 Å². The molecule has 0 saturated heterocycles. The van der Waals surface area contributed by atoms with Gasteiger partial charge in [0.2, 0.25) is 5.88 Å². The highest BCUT2D eigenvalue weighted by atomic mass is 32.2. The van der Waals surface area contributed by atoms with Gasteiger partial charge in [-0.1, -0.05) is 44.2 Å². The molecule has 0 atom stereocenters. The first kappa shape index (κ1) is 17.6. The Morgan fingerprint density at radius 2 is 2.00 bits per heavy atom. The Balaban J connectivity index is 1.45. The number of thioether (sulfide) groups is 1. The fourth-order valence-electron chi connectivity index (χ4n) is 2.96. The van der Waals surface area contributed by atoms with Crippen LogP contribution in [0.1, 0.15) is 25.7 Å². The van der Waals surface area contributed by atoms with Crippen LogP contribution in [0.25, 0.3) is 0 Å². The molecule has 0 radical (unpaired) electrons. The van der Waals surface area contributed by atoms with Crippen molar-refractivity contribution in [2.24, 2.45) is 4.99 Å². The second-order valence-electron chi connectivity index (χ2n) is 7.93. The lowest BCUT2D eigenvalue weighted by atomic mass is 10.0. The van der Waals surface area contributed by atoms with Crippen LogP contribution in [0.15, 0.2) is 23.3 Å². The van der Waals surface area contributed by atoms with Crippen molar-refractivity contribution >= 4 is 30.7 Å². The number of hydrogen-bond acceptors (Lipinski definition) is 6. The Morgan fingerprint density at radius 3 is 2.67 bits per heavy atom. The van der Waals surface area contributed by atoms with E-state index in [2.05, 4.69) is 35.5 Å². The zero-order valence-corrected chi connectivity index (χ0v) is 16.7. The quantitative estimate of drug-likeness (QED) is 0.587. The van der Waals surface area contributed by atoms with Crippen molar-refractivity contribution in [1.82, 2.24) is 10.4 Å². The number of hydrazine groups is 1. The number of anilines is 1. The number of ether oxygens (including phenoxy) is 1. The number of rotatable bonds is 6. The standard InChI is InChI=1S/C17H28N4OSSi/c1-24(2,3)11-10-22-15-7-6-14(12-18-15)20-21-16-19-17(13-23-16)8-4-5-9-17/h6-7,12,20H,4-5,8-11,13H2,1-3H3,(H,19,21). The van der Waals surface area contributed by atoms with Crippen LogP contribution in [0.3, 0.4) is 0 Å². The van der Waals surface area contributed by atoms with Crippen molar-refractivity contribution in [2.45, 2.75) is 56.9 Å². The van der Waals surface area contributed by atoms with Gasteiger partial charge in [-0.25, -0.2) is 4.98 Å². The second-order valence-corrected chi connectivity index (χ2v) is 14.5. The Hall–Kier alpha value is -1.21. The van der Waals surface area contributed by atoms with E-state index in [1.54, 1.807) is 6.20 Å². The van der Waals surface area contributed by atoms with Gasteiger partial charge in [-0.2, -0.15) is 0 Å². The molecule has 1 saturated carbocycles. The summed E-state index contributed by atoms with van der Waals surface area (Å²) in [4.78, 5) is 9.24. The minimum Gasteiger partial charge on any atom is -0.478 e. The van der Waals surface area contributed by atoms with Crippen LogP contribution in [0.2, 0.25) is 25.7 Å². The predicted molar refractivity (Wildman–Crippen MR) is 106 cm³/mol. The Labute approximate surface area is 150 Å². The molecule has 3 rings (SSSR count). The normalized spacial score (nSPS) is 19.4. The maximum Gasteiger partial charge on any atom is 0.213 e. The summed E-state index contributed by atoms with van der Waals surface area (Å²) in [5, 5.41) is 0.993. The lowest BCUT2D eigenvalue weighted by Crippen LogP contribution is -2.27. The summed E-state index contributed by atoms with van der Waals surface area (Å²) < 4.78 is 5.73. The van der Waals surface area contributed by atoms with E-state index >= 15 is 0 Å². The zero-order chi connectivity index (χ0) is 17.0. The SMILES string of the molecule is C[Si](C)(C)CCOc1ccc(NNC2=NC3(CCCC3)CS2)cn1. The molecule has 24 heavy (non-hydrogen) atoms. The summed E-state index contributed by atoms with van der Waals surface area (Å²) in [5.41, 5.74) is 7.54. The number of pyridine rings is 1. The van der Waals surface area contributed by atoms with Gasteiger partial charge in [0.25, 0.3) is 0 Å². The third kappa shape index (κ3) is 4.89. The fourth-order valence-corrected chi connectivity index (χ4v) is 4.82. The van der Waals surface area contributed by atoms with Crippen LogP contribution < -0.4 is 15.6 Å². The predicted octanol–water partition coefficient (Wildman–Crippen LogP) is 4.13. The number of aromatic nitrogens is 1. The molecule has 1 fully saturated rings. The van der Waals surface area contributed by atoms with Crippen molar-refractivity contribution in [3.8, 4) is 5.88 Å². The highest BCUT2D eigenvalue weighted by Gasteiger charge is 2.38. The Bertz CT molecular complexity index is 579. The van der Waals surface area contributed by atoms with E-state index in [-0.39, 0.29) is 5.54 Å². The monoisotopic (exact) mass is 364 g/mol. The van der Waals surface area contributed by atoms with Gasteiger partial charge in [-0.05, 0) is 25.0 Å². The minimum absolute atomic E-state index is 0.209. The van der Waals surface area contributed by atoms with Gasteiger partial charge in [0, 0.05) is 19.9 Å². The summed E-state index contributed by atoms with van der Waals surface area (Å²) in [6, 6.07) is 5.04. The van der Waals surface area contributed by atoms with E-state index in [4.69, 9.17) is 9.73 Å². The summed E-state index contributed by atoms with van der Waals surface area (Å²) in [6.45, 7) is 7.80. The van der Waals surface area contributed by atoms with Crippen molar-refractivity contribution in [3.63, 3.8) is 0 Å². The maximum atomic E-state index is 5.73. The number of hydrogen-bond donors (Lipinski definition) is 2. The molecule has 1 spiro atoms. The van der Waals surface area contributed by atoms with Crippen LogP contribution in [0.5, 0.6) is 5.88 Å². The molecule has 7 heteroatoms. The van der Waals surface area contributed by atoms with Gasteiger partial charge in [-0.3, -0.25) is 15.8 Å². The lowest BCUT2D eigenvalue weighted by Gasteiger charge is -2.16. The summed E-state index contributed by atoms with van der Waals surface area (Å²) in [6.07, 6.45) is 6.89. The zero-order valence-electron chi connectivity index (χ0n) is 14.9. The van der Waals surface area contributed by atoms with Crippen molar-refractivity contribution in [1.29, 1.82) is 0 Å². The molecule has 0 aromatic carbocycles. The Kier molecular flexibility index (Phi) is 5.39. The van der Waals surface area contributed by atoms with Gasteiger partial charge < -0.3 is 4.74 Å². The molecule has 1 aromatic rings. The first-order valence-electron chi connectivity index (χ1n) is 8.78. The number of nitrogens with one attached hydrogen (secondary N) is 2. The average molecular weight is 365 g/mol. The van der Waals surface area contributed by atoms with E-state index in [1.807, 2.05) is 23.9 Å². The van der Waals surface area contributed by atoms with Crippen molar-refractivity contribution < 1.29 is 4.74 Å². The number of aliphatic imine (C=N–C) groups is 1. The molecule has 2 heterocycles. The molecule has 132 valence electrons. The first-order valence-corrected chi connectivity index (χ1v) is 13.5. The molecule has 0 bridgehead atoms. The minimum atomic E-state index is -1.05. The smallest absolute Gasteiger partial charge is 0.213 e. The van der Waals surface area contributed by atoms with Crippen molar-refractivity contribution in [3.05, 3.63) is 18.3 Å². The molecule has 1 aliphatic heterocycles. The fraction of sp³-hybridized carbons (Fsp3) is 0.647. The number of nitrogens with zero attached hydrogens (tertiary/aromatic N) is 2. The Morgan fingerprint density at radius 1 is 1.21 bits per heavy atom. The maximum absolute atomic E-state index is 5.73. The molecule has 1 aromatic heterocycles. The highest BCUT2D eigenvalue weighted by molar-refractivity contribution is 8.14. The summed E-state index contributed by atoms with van der Waals surface area (Å²) >= 11 is 1.81. The van der Waals surface area contributed by atoms with E-state index in [9.17, 15) is 0 Å². The molecule has 1 aliphatic carbocycles. The molecular weight excluding hydrogens is 336 g/mol. The third-order valence-electron chi connectivity index (χ3n) is 4.50. The van der Waals surface area contributed by atoms with Gasteiger partial charge in [-0.15, -0.1) is 0 Å². The average Bonchev–Trinajstić information content (AvgIpc) is 3.16. The molecular formula is C17H28N4OSSi. The molecule has 0 unspecified atom stereocenters.